The van der Waals surface area contributed by atoms with Crippen molar-refractivity contribution < 1.29 is 15.0 Å². The van der Waals surface area contributed by atoms with Gasteiger partial charge in [0, 0.05) is 19.3 Å². The van der Waals surface area contributed by atoms with Gasteiger partial charge in [-0.05, 0) is 18.9 Å². The van der Waals surface area contributed by atoms with Crippen LogP contribution in [0.4, 0.5) is 11.4 Å². The van der Waals surface area contributed by atoms with E-state index < -0.39 is 5.97 Å². The molecule has 0 saturated carbocycles. The number of anilines is 2. The number of rotatable bonds is 2. The number of nitrogens with zero attached hydrogens (tertiary/aromatic N) is 2. The first-order chi connectivity index (χ1) is 9.58. The number of carbonyl (C=O) groups is 1. The lowest BCUT2D eigenvalue weighted by Crippen LogP contribution is -2.35. The Balaban J connectivity index is 2.09. The number of piperidine rings is 1. The van der Waals surface area contributed by atoms with E-state index in [1.807, 2.05) is 6.07 Å². The van der Waals surface area contributed by atoms with Crippen LogP contribution in [0.25, 0.3) is 10.2 Å². The van der Waals surface area contributed by atoms with Crippen LogP contribution >= 0.6 is 11.3 Å². The molecule has 3 rings (SSSR count). The summed E-state index contributed by atoms with van der Waals surface area (Å²) < 4.78 is 0. The molecule has 1 aliphatic heterocycles. The molecule has 0 aromatic carbocycles. The van der Waals surface area contributed by atoms with Crippen molar-refractivity contribution in [2.45, 2.75) is 18.9 Å². The number of aromatic nitrogens is 1. The van der Waals surface area contributed by atoms with Crippen molar-refractivity contribution in [1.82, 2.24) is 4.98 Å². The Morgan fingerprint density at radius 3 is 2.80 bits per heavy atom. The molecular formula is C13H15N3O3S. The van der Waals surface area contributed by atoms with Gasteiger partial charge in [0.2, 0.25) is 0 Å². The van der Waals surface area contributed by atoms with Gasteiger partial charge >= 0.3 is 5.97 Å². The topological polar surface area (TPSA) is 99.7 Å². The zero-order chi connectivity index (χ0) is 14.3. The van der Waals surface area contributed by atoms with Gasteiger partial charge in [0.15, 0.2) is 0 Å². The molecule has 1 saturated heterocycles. The van der Waals surface area contributed by atoms with E-state index in [1.54, 1.807) is 6.20 Å². The van der Waals surface area contributed by atoms with Gasteiger partial charge in [-0.15, -0.1) is 11.3 Å². The Hall–Kier alpha value is -1.86. The maximum atomic E-state index is 11.2. The number of aliphatic hydroxyl groups is 1. The van der Waals surface area contributed by atoms with Gasteiger partial charge in [0.05, 0.1) is 22.9 Å². The number of hydrogen-bond acceptors (Lipinski definition) is 6. The molecular weight excluding hydrogens is 278 g/mol. The SMILES string of the molecule is Nc1c(C(=O)O)sc2nccc(N3CCC(O)CC3)c12. The Morgan fingerprint density at radius 2 is 2.15 bits per heavy atom. The highest BCUT2D eigenvalue weighted by Gasteiger charge is 2.23. The largest absolute Gasteiger partial charge is 0.477 e. The number of carboxylic acids is 1. The van der Waals surface area contributed by atoms with Crippen molar-refractivity contribution in [1.29, 1.82) is 0 Å². The third-order valence-corrected chi connectivity index (χ3v) is 4.71. The highest BCUT2D eigenvalue weighted by atomic mass is 32.1. The van der Waals surface area contributed by atoms with Crippen molar-refractivity contribution >= 4 is 38.9 Å². The summed E-state index contributed by atoms with van der Waals surface area (Å²) in [7, 11) is 0. The van der Waals surface area contributed by atoms with Crippen molar-refractivity contribution in [2.75, 3.05) is 23.7 Å². The van der Waals surface area contributed by atoms with E-state index in [9.17, 15) is 9.90 Å². The van der Waals surface area contributed by atoms with Crippen molar-refractivity contribution in [2.24, 2.45) is 0 Å². The highest BCUT2D eigenvalue weighted by Crippen LogP contribution is 2.39. The second kappa shape index (κ2) is 4.92. The van der Waals surface area contributed by atoms with Crippen LogP contribution in [0.1, 0.15) is 22.5 Å². The first-order valence-corrected chi connectivity index (χ1v) is 7.23. The van der Waals surface area contributed by atoms with E-state index in [1.165, 1.54) is 0 Å². The van der Waals surface area contributed by atoms with Crippen molar-refractivity contribution in [3.05, 3.63) is 17.1 Å². The van der Waals surface area contributed by atoms with E-state index in [4.69, 9.17) is 10.8 Å². The third-order valence-electron chi connectivity index (χ3n) is 3.61. The lowest BCUT2D eigenvalue weighted by atomic mass is 10.1. The van der Waals surface area contributed by atoms with E-state index >= 15 is 0 Å². The average molecular weight is 293 g/mol. The van der Waals surface area contributed by atoms with Gasteiger partial charge in [0.1, 0.15) is 9.71 Å². The summed E-state index contributed by atoms with van der Waals surface area (Å²) in [4.78, 5) is 18.3. The number of aromatic carboxylic acids is 1. The maximum absolute atomic E-state index is 11.2. The number of fused-ring (bicyclic) bond motifs is 1. The summed E-state index contributed by atoms with van der Waals surface area (Å²) >= 11 is 1.10. The van der Waals surface area contributed by atoms with Crippen molar-refractivity contribution in [3.63, 3.8) is 0 Å². The standard InChI is InChI=1S/C13H15N3O3S/c14-10-9-8(16-5-2-7(17)3-6-16)1-4-15-12(9)20-11(10)13(18)19/h1,4,7,17H,2-3,5-6,14H2,(H,18,19). The highest BCUT2D eigenvalue weighted by molar-refractivity contribution is 7.21. The zero-order valence-electron chi connectivity index (χ0n) is 10.7. The minimum atomic E-state index is -1.02. The maximum Gasteiger partial charge on any atom is 0.348 e. The second-order valence-electron chi connectivity index (χ2n) is 4.88. The minimum absolute atomic E-state index is 0.136. The lowest BCUT2D eigenvalue weighted by molar-refractivity contribution is 0.0703. The third kappa shape index (κ3) is 2.08. The molecule has 1 aliphatic rings. The fraction of sp³-hybridized carbons (Fsp3) is 0.385. The van der Waals surface area contributed by atoms with Gasteiger partial charge < -0.3 is 20.8 Å². The van der Waals surface area contributed by atoms with E-state index in [2.05, 4.69) is 9.88 Å². The Morgan fingerprint density at radius 1 is 1.45 bits per heavy atom. The molecule has 6 nitrogen and oxygen atoms in total. The quantitative estimate of drug-likeness (QED) is 0.776. The van der Waals surface area contributed by atoms with Crippen LogP contribution in [-0.2, 0) is 0 Å². The van der Waals surface area contributed by atoms with Crippen molar-refractivity contribution in [3.8, 4) is 0 Å². The fourth-order valence-corrected chi connectivity index (χ4v) is 3.48. The number of nitrogens with two attached hydrogens (primary N) is 1. The van der Waals surface area contributed by atoms with Crippen LogP contribution in [0.2, 0.25) is 0 Å². The van der Waals surface area contributed by atoms with E-state index in [0.717, 1.165) is 30.1 Å². The fourth-order valence-electron chi connectivity index (χ4n) is 2.56. The summed E-state index contributed by atoms with van der Waals surface area (Å²) in [5.41, 5.74) is 7.18. The van der Waals surface area contributed by atoms with Crippen LogP contribution in [0.3, 0.4) is 0 Å². The van der Waals surface area contributed by atoms with Crippen LogP contribution in [0, 0.1) is 0 Å². The lowest BCUT2D eigenvalue weighted by Gasteiger charge is -2.31. The summed E-state index contributed by atoms with van der Waals surface area (Å²) in [5, 5.41) is 19.5. The van der Waals surface area contributed by atoms with Crippen LogP contribution in [0.5, 0.6) is 0 Å². The number of pyridine rings is 1. The number of hydrogen-bond donors (Lipinski definition) is 3. The van der Waals surface area contributed by atoms with Gasteiger partial charge in [-0.25, -0.2) is 9.78 Å². The van der Waals surface area contributed by atoms with E-state index in [0.29, 0.717) is 23.1 Å². The first-order valence-electron chi connectivity index (χ1n) is 6.41. The Bertz CT molecular complexity index is 662. The molecule has 2 aromatic rings. The summed E-state index contributed by atoms with van der Waals surface area (Å²) in [5.74, 6) is -1.02. The molecule has 20 heavy (non-hydrogen) atoms. The minimum Gasteiger partial charge on any atom is -0.477 e. The van der Waals surface area contributed by atoms with Crippen LogP contribution in [0.15, 0.2) is 12.3 Å². The van der Waals surface area contributed by atoms with Gasteiger partial charge in [-0.3, -0.25) is 0 Å². The summed E-state index contributed by atoms with van der Waals surface area (Å²) in [6, 6.07) is 1.86. The zero-order valence-corrected chi connectivity index (χ0v) is 11.6. The normalized spacial score (nSPS) is 16.8. The predicted octanol–water partition coefficient (Wildman–Crippen LogP) is 1.54. The van der Waals surface area contributed by atoms with Crippen LogP contribution in [-0.4, -0.2) is 40.4 Å². The number of aliphatic hydroxyl groups excluding tert-OH is 1. The smallest absolute Gasteiger partial charge is 0.348 e. The molecule has 1 fully saturated rings. The molecule has 7 heteroatoms. The number of carboxylic acid groups (broad SMARTS) is 1. The predicted molar refractivity (Wildman–Crippen MR) is 78.4 cm³/mol. The average Bonchev–Trinajstić information content (AvgIpc) is 2.77. The summed E-state index contributed by atoms with van der Waals surface area (Å²) in [6.45, 7) is 1.47. The number of thiophene rings is 1. The molecule has 0 spiro atoms. The monoisotopic (exact) mass is 293 g/mol. The molecule has 3 heterocycles. The molecule has 2 aromatic heterocycles. The molecule has 0 radical (unpaired) electrons. The number of nitrogen functional groups attached to an aromatic ring is 1. The molecule has 0 bridgehead atoms. The second-order valence-corrected chi connectivity index (χ2v) is 5.88. The van der Waals surface area contributed by atoms with Gasteiger partial charge in [0.25, 0.3) is 0 Å². The molecule has 0 unspecified atom stereocenters. The summed E-state index contributed by atoms with van der Waals surface area (Å²) in [6.07, 6.45) is 2.83. The Labute approximate surface area is 119 Å². The van der Waals surface area contributed by atoms with Gasteiger partial charge in [-0.2, -0.15) is 0 Å². The molecule has 0 aliphatic carbocycles. The Kier molecular flexibility index (Phi) is 3.23. The van der Waals surface area contributed by atoms with Gasteiger partial charge in [-0.1, -0.05) is 0 Å². The van der Waals surface area contributed by atoms with Crippen LogP contribution < -0.4 is 10.6 Å². The molecule has 4 N–H and O–H groups in total. The molecule has 106 valence electrons. The molecule has 0 atom stereocenters. The van der Waals surface area contributed by atoms with E-state index in [-0.39, 0.29) is 16.7 Å². The molecule has 0 amide bonds. The first kappa shape index (κ1) is 13.1.